The molecule has 2 heterocycles. The van der Waals surface area contributed by atoms with Gasteiger partial charge in [0.15, 0.2) is 4.80 Å². The molecule has 0 N–H and O–H groups in total. The Bertz CT molecular complexity index is 911. The van der Waals surface area contributed by atoms with Gasteiger partial charge in [0, 0.05) is 23.2 Å². The maximum absolute atomic E-state index is 6.18. The van der Waals surface area contributed by atoms with Crippen LogP contribution in [0.15, 0.2) is 53.1 Å². The summed E-state index contributed by atoms with van der Waals surface area (Å²) >= 11 is 13.8. The van der Waals surface area contributed by atoms with Gasteiger partial charge in [-0.1, -0.05) is 29.3 Å². The summed E-state index contributed by atoms with van der Waals surface area (Å²) in [6, 6.07) is 10.1. The van der Waals surface area contributed by atoms with Crippen molar-refractivity contribution >= 4 is 40.2 Å². The number of hydrogen-bond donors (Lipinski definition) is 0. The SMILES string of the molecule is Clc1ccc(-c2csc(=Nc3cccnc3)n2C2CC2)cc1Cl. The number of thiazole rings is 1. The summed E-state index contributed by atoms with van der Waals surface area (Å²) in [4.78, 5) is 9.86. The van der Waals surface area contributed by atoms with Gasteiger partial charge < -0.3 is 4.57 Å². The molecule has 1 aromatic carbocycles. The van der Waals surface area contributed by atoms with E-state index >= 15 is 0 Å². The summed E-state index contributed by atoms with van der Waals surface area (Å²) in [5, 5.41) is 3.28. The normalized spacial score (nSPS) is 15.1. The van der Waals surface area contributed by atoms with Crippen molar-refractivity contribution < 1.29 is 0 Å². The average Bonchev–Trinajstić information content (AvgIpc) is 3.32. The second-order valence-electron chi connectivity index (χ2n) is 5.46. The van der Waals surface area contributed by atoms with Crippen LogP contribution in [0.2, 0.25) is 10.0 Å². The van der Waals surface area contributed by atoms with Crippen molar-refractivity contribution in [2.24, 2.45) is 4.99 Å². The van der Waals surface area contributed by atoms with Gasteiger partial charge in [0.05, 0.1) is 27.6 Å². The fourth-order valence-electron chi connectivity index (χ4n) is 2.48. The van der Waals surface area contributed by atoms with Gasteiger partial charge in [0.25, 0.3) is 0 Å². The largest absolute Gasteiger partial charge is 0.313 e. The van der Waals surface area contributed by atoms with Crippen LogP contribution in [0.4, 0.5) is 5.69 Å². The van der Waals surface area contributed by atoms with Gasteiger partial charge in [-0.05, 0) is 37.1 Å². The van der Waals surface area contributed by atoms with Crippen LogP contribution in [0.1, 0.15) is 18.9 Å². The lowest BCUT2D eigenvalue weighted by Gasteiger charge is -2.08. The van der Waals surface area contributed by atoms with Crippen LogP contribution in [0, 0.1) is 0 Å². The van der Waals surface area contributed by atoms with Crippen LogP contribution >= 0.6 is 34.5 Å². The van der Waals surface area contributed by atoms with Crippen LogP contribution in [-0.4, -0.2) is 9.55 Å². The number of nitrogens with zero attached hydrogens (tertiary/aromatic N) is 3. The number of rotatable bonds is 3. The first-order valence-corrected chi connectivity index (χ1v) is 8.96. The number of benzene rings is 1. The molecule has 0 atom stereocenters. The molecule has 0 amide bonds. The zero-order valence-corrected chi connectivity index (χ0v) is 14.4. The highest BCUT2D eigenvalue weighted by atomic mass is 35.5. The van der Waals surface area contributed by atoms with E-state index in [-0.39, 0.29) is 0 Å². The highest BCUT2D eigenvalue weighted by molar-refractivity contribution is 7.07. The Kier molecular flexibility index (Phi) is 3.97. The fourth-order valence-corrected chi connectivity index (χ4v) is 3.77. The first-order chi connectivity index (χ1) is 11.2. The lowest BCUT2D eigenvalue weighted by atomic mass is 10.2. The Labute approximate surface area is 147 Å². The van der Waals surface area contributed by atoms with Crippen LogP contribution < -0.4 is 4.80 Å². The van der Waals surface area contributed by atoms with Crippen molar-refractivity contribution in [1.82, 2.24) is 9.55 Å². The summed E-state index contributed by atoms with van der Waals surface area (Å²) in [5.74, 6) is 0. The number of pyridine rings is 1. The minimum Gasteiger partial charge on any atom is -0.313 e. The summed E-state index contributed by atoms with van der Waals surface area (Å²) in [6.07, 6.45) is 5.90. The van der Waals surface area contributed by atoms with E-state index in [1.165, 1.54) is 12.8 Å². The summed E-state index contributed by atoms with van der Waals surface area (Å²) < 4.78 is 2.30. The van der Waals surface area contributed by atoms with Gasteiger partial charge in [0.2, 0.25) is 0 Å². The maximum atomic E-state index is 6.18. The van der Waals surface area contributed by atoms with E-state index in [0.29, 0.717) is 16.1 Å². The van der Waals surface area contributed by atoms with Crippen molar-refractivity contribution in [3.8, 4) is 11.3 Å². The maximum Gasteiger partial charge on any atom is 0.190 e. The van der Waals surface area contributed by atoms with E-state index in [9.17, 15) is 0 Å². The van der Waals surface area contributed by atoms with Crippen molar-refractivity contribution in [2.75, 3.05) is 0 Å². The van der Waals surface area contributed by atoms with Gasteiger partial charge in [-0.25, -0.2) is 4.99 Å². The molecule has 1 saturated carbocycles. The zero-order valence-electron chi connectivity index (χ0n) is 12.1. The summed E-state index contributed by atoms with van der Waals surface area (Å²) in [5.41, 5.74) is 3.07. The molecule has 3 aromatic rings. The molecular formula is C17H13Cl2N3S. The molecule has 0 aliphatic heterocycles. The Morgan fingerprint density at radius 2 is 2.04 bits per heavy atom. The molecule has 2 aromatic heterocycles. The number of aromatic nitrogens is 2. The Balaban J connectivity index is 1.86. The van der Waals surface area contributed by atoms with Crippen LogP contribution in [-0.2, 0) is 0 Å². The highest BCUT2D eigenvalue weighted by Gasteiger charge is 2.27. The molecule has 3 nitrogen and oxygen atoms in total. The number of halogens is 2. The molecular weight excluding hydrogens is 349 g/mol. The Morgan fingerprint density at radius 3 is 2.74 bits per heavy atom. The third-order valence-electron chi connectivity index (χ3n) is 3.74. The molecule has 1 aliphatic carbocycles. The molecule has 0 spiro atoms. The highest BCUT2D eigenvalue weighted by Crippen LogP contribution is 2.39. The Morgan fingerprint density at radius 1 is 1.17 bits per heavy atom. The predicted molar refractivity (Wildman–Crippen MR) is 95.5 cm³/mol. The molecule has 116 valence electrons. The minimum absolute atomic E-state index is 0.515. The van der Waals surface area contributed by atoms with Gasteiger partial charge in [-0.2, -0.15) is 0 Å². The van der Waals surface area contributed by atoms with Gasteiger partial charge in [-0.15, -0.1) is 11.3 Å². The first-order valence-electron chi connectivity index (χ1n) is 7.32. The van der Waals surface area contributed by atoms with Gasteiger partial charge in [0.1, 0.15) is 0 Å². The van der Waals surface area contributed by atoms with Crippen molar-refractivity contribution in [2.45, 2.75) is 18.9 Å². The molecule has 0 saturated heterocycles. The van der Waals surface area contributed by atoms with Crippen molar-refractivity contribution in [3.63, 3.8) is 0 Å². The molecule has 1 fully saturated rings. The summed E-state index contributed by atoms with van der Waals surface area (Å²) in [7, 11) is 0. The van der Waals surface area contributed by atoms with Gasteiger partial charge in [-0.3, -0.25) is 4.98 Å². The fraction of sp³-hybridized carbons (Fsp3) is 0.176. The van der Waals surface area contributed by atoms with Crippen LogP contribution in [0.5, 0.6) is 0 Å². The monoisotopic (exact) mass is 361 g/mol. The molecule has 0 radical (unpaired) electrons. The van der Waals surface area contributed by atoms with Crippen molar-refractivity contribution in [3.05, 3.63) is 63.0 Å². The van der Waals surface area contributed by atoms with Gasteiger partial charge >= 0.3 is 0 Å². The second kappa shape index (κ2) is 6.11. The average molecular weight is 362 g/mol. The molecule has 0 bridgehead atoms. The van der Waals surface area contributed by atoms with Crippen LogP contribution in [0.25, 0.3) is 11.3 Å². The van der Waals surface area contributed by atoms with E-state index in [4.69, 9.17) is 28.2 Å². The third kappa shape index (κ3) is 3.07. The predicted octanol–water partition coefficient (Wildman–Crippen LogP) is 5.49. The van der Waals surface area contributed by atoms with E-state index in [0.717, 1.165) is 21.7 Å². The molecule has 0 unspecified atom stereocenters. The van der Waals surface area contributed by atoms with E-state index in [1.54, 1.807) is 23.7 Å². The quantitative estimate of drug-likeness (QED) is 0.606. The second-order valence-corrected chi connectivity index (χ2v) is 7.11. The molecule has 1 aliphatic rings. The standard InChI is InChI=1S/C17H13Cl2N3S/c18-14-6-3-11(8-15(14)19)16-10-23-17(22(16)13-4-5-13)21-12-2-1-7-20-9-12/h1-3,6-10,13H,4-5H2. The van der Waals surface area contributed by atoms with E-state index in [2.05, 4.69) is 14.9 Å². The summed E-state index contributed by atoms with van der Waals surface area (Å²) in [6.45, 7) is 0. The molecule has 23 heavy (non-hydrogen) atoms. The minimum atomic E-state index is 0.515. The zero-order chi connectivity index (χ0) is 15.8. The Hall–Kier alpha value is -1.62. The number of hydrogen-bond acceptors (Lipinski definition) is 3. The lowest BCUT2D eigenvalue weighted by molar-refractivity contribution is 0.724. The topological polar surface area (TPSA) is 30.2 Å². The first kappa shape index (κ1) is 14.9. The lowest BCUT2D eigenvalue weighted by Crippen LogP contribution is -2.14. The molecule has 6 heteroatoms. The van der Waals surface area contributed by atoms with E-state index in [1.807, 2.05) is 30.3 Å². The molecule has 4 rings (SSSR count). The third-order valence-corrected chi connectivity index (χ3v) is 5.32. The van der Waals surface area contributed by atoms with E-state index < -0.39 is 0 Å². The smallest absolute Gasteiger partial charge is 0.190 e. The van der Waals surface area contributed by atoms with Crippen molar-refractivity contribution in [1.29, 1.82) is 0 Å². The van der Waals surface area contributed by atoms with Crippen LogP contribution in [0.3, 0.4) is 0 Å².